The van der Waals surface area contributed by atoms with E-state index < -0.39 is 117 Å². The van der Waals surface area contributed by atoms with E-state index in [1.165, 1.54) is 0 Å². The Bertz CT molecular complexity index is 897. The fraction of sp³-hybridized carbons (Fsp3) is 1.00. The minimum atomic E-state index is -1.82. The molecule has 19 atom stereocenters. The number of fused-ring (bicyclic) bond motifs is 1. The van der Waals surface area contributed by atoms with Gasteiger partial charge in [-0.25, -0.2) is 0 Å². The summed E-state index contributed by atoms with van der Waals surface area (Å²) in [6.07, 6.45) is -19.6. The Morgan fingerprint density at radius 1 is 0.605 bits per heavy atom. The van der Waals surface area contributed by atoms with E-state index in [1.54, 1.807) is 0 Å². The van der Waals surface area contributed by atoms with E-state index in [1.807, 2.05) is 0 Å². The van der Waals surface area contributed by atoms with Gasteiger partial charge < -0.3 is 79.9 Å². The summed E-state index contributed by atoms with van der Waals surface area (Å²) >= 11 is 0. The molecule has 16 nitrogen and oxygen atoms in total. The maximum absolute atomic E-state index is 11.0. The number of ether oxygens (including phenoxy) is 5. The first kappa shape index (κ1) is 33.7. The monoisotopic (exact) mass is 627 g/mol. The van der Waals surface area contributed by atoms with Gasteiger partial charge in [-0.15, -0.1) is 0 Å². The van der Waals surface area contributed by atoms with Crippen LogP contribution in [0, 0.1) is 11.8 Å². The number of hydrogen-bond acceptors (Lipinski definition) is 15. The fourth-order valence-corrected chi connectivity index (χ4v) is 7.32. The predicted molar refractivity (Wildman–Crippen MR) is 140 cm³/mol. The zero-order valence-electron chi connectivity index (χ0n) is 23.6. The molecule has 16 heteroatoms. The minimum Gasteiger partial charge on any atom is -0.427 e. The normalized spacial score (nSPS) is 54.6. The van der Waals surface area contributed by atoms with Crippen molar-refractivity contribution in [1.82, 2.24) is 0 Å². The molecule has 0 aromatic heterocycles. The lowest BCUT2D eigenvalue weighted by atomic mass is 9.72. The molecular weight excluding hydrogens is 580 g/mol. The average molecular weight is 628 g/mol. The molecular formula is C27H47O16+. The number of rotatable bonds is 7. The van der Waals surface area contributed by atoms with Crippen molar-refractivity contribution in [3.05, 3.63) is 0 Å². The molecule has 43 heavy (non-hydrogen) atoms. The number of aliphatic hydroxyl groups excluding tert-OH is 11. The second-order valence-corrected chi connectivity index (χ2v) is 12.7. The van der Waals surface area contributed by atoms with Crippen molar-refractivity contribution in [2.24, 2.45) is 11.8 Å². The van der Waals surface area contributed by atoms with E-state index in [2.05, 4.69) is 0 Å². The highest BCUT2D eigenvalue weighted by Crippen LogP contribution is 2.42. The molecule has 0 bridgehead atoms. The summed E-state index contributed by atoms with van der Waals surface area (Å²) < 4.78 is 28.4. The lowest BCUT2D eigenvalue weighted by Crippen LogP contribution is -2.66. The molecule has 0 amide bonds. The molecule has 0 aromatic rings. The van der Waals surface area contributed by atoms with Crippen LogP contribution in [-0.2, 0) is 18.9 Å². The summed E-state index contributed by atoms with van der Waals surface area (Å²) in [6.45, 7) is -1.42. The van der Waals surface area contributed by atoms with Crippen LogP contribution in [0.5, 0.6) is 0 Å². The predicted octanol–water partition coefficient (Wildman–Crippen LogP) is -5.68. The molecule has 0 aromatic carbocycles. The van der Waals surface area contributed by atoms with Crippen LogP contribution in [-0.4, -0.2) is 178 Å². The Hall–Kier alpha value is -0.640. The van der Waals surface area contributed by atoms with Crippen molar-refractivity contribution < 1.29 is 79.9 Å². The van der Waals surface area contributed by atoms with E-state index in [0.717, 1.165) is 0 Å². The van der Waals surface area contributed by atoms with Gasteiger partial charge in [0.1, 0.15) is 54.9 Å². The van der Waals surface area contributed by atoms with Crippen molar-refractivity contribution in [3.63, 3.8) is 0 Å². The Labute approximate surface area is 248 Å². The van der Waals surface area contributed by atoms with Crippen LogP contribution in [0.15, 0.2) is 0 Å². The summed E-state index contributed by atoms with van der Waals surface area (Å²) in [5.41, 5.74) is 0. The number of aliphatic hydroxyl groups is 13. The molecule has 3 saturated heterocycles. The third-order valence-electron chi connectivity index (χ3n) is 9.84. The minimum absolute atomic E-state index is 0.155. The van der Waals surface area contributed by atoms with E-state index in [4.69, 9.17) is 23.7 Å². The molecule has 250 valence electrons. The Morgan fingerprint density at radius 2 is 1.26 bits per heavy atom. The van der Waals surface area contributed by atoms with Crippen LogP contribution in [0.2, 0.25) is 0 Å². The zero-order chi connectivity index (χ0) is 31.2. The van der Waals surface area contributed by atoms with Crippen molar-refractivity contribution in [2.45, 2.75) is 143 Å². The van der Waals surface area contributed by atoms with Crippen LogP contribution >= 0.6 is 0 Å². The van der Waals surface area contributed by atoms with Gasteiger partial charge in [-0.3, -0.25) is 0 Å². The van der Waals surface area contributed by atoms with Gasteiger partial charge in [0.05, 0.1) is 43.5 Å². The fourth-order valence-electron chi connectivity index (χ4n) is 7.32. The van der Waals surface area contributed by atoms with Gasteiger partial charge >= 0.3 is 0 Å². The topological polar surface area (TPSA) is 272 Å². The van der Waals surface area contributed by atoms with Crippen LogP contribution in [0.4, 0.5) is 0 Å². The molecule has 3 heterocycles. The lowest BCUT2D eigenvalue weighted by molar-refractivity contribution is -0.387. The van der Waals surface area contributed by atoms with Gasteiger partial charge in [0, 0.05) is 18.8 Å². The largest absolute Gasteiger partial charge is 0.427 e. The lowest BCUT2D eigenvalue weighted by Gasteiger charge is -2.49. The molecule has 0 spiro atoms. The van der Waals surface area contributed by atoms with Crippen molar-refractivity contribution in [3.8, 4) is 0 Å². The standard InChI is InChI=1S/C27H46O16/c28-7-17-19(34)21(36)23(38)26(41-17)43-25-22(37)20(35)18(8-29)42-27(25)40-16-6-11-13(32)4-10(30)5-15(11)39-24(16)9-1-2-12(31)14(33)3-9/h9-38H,1-8H2/p+1/t9?,10?,11?,12?,13?,14?,15?,16?,17-,18-,19-,20-,21+,22+,23-,24?,25-,26+,27-/m1/s1. The van der Waals surface area contributed by atoms with Gasteiger partial charge in [-0.05, 0) is 25.7 Å². The van der Waals surface area contributed by atoms with Crippen LogP contribution in [0.1, 0.15) is 38.5 Å². The summed E-state index contributed by atoms with van der Waals surface area (Å²) in [6, 6.07) is 0. The third kappa shape index (κ3) is 6.90. The van der Waals surface area contributed by atoms with Crippen LogP contribution < -0.4 is 0 Å². The maximum Gasteiger partial charge on any atom is 0.187 e. The first-order valence-corrected chi connectivity index (χ1v) is 15.1. The van der Waals surface area contributed by atoms with E-state index >= 15 is 0 Å². The number of hydrogen-bond donors (Lipinski definition) is 11. The van der Waals surface area contributed by atoms with Crippen LogP contribution in [0.3, 0.4) is 0 Å². The highest BCUT2D eigenvalue weighted by Gasteiger charge is 2.56. The zero-order valence-corrected chi connectivity index (χ0v) is 23.6. The highest BCUT2D eigenvalue weighted by atomic mass is 16.8. The smallest absolute Gasteiger partial charge is 0.187 e. The molecule has 0 radical (unpaired) electrons. The first-order valence-electron chi connectivity index (χ1n) is 15.1. The van der Waals surface area contributed by atoms with Gasteiger partial charge in [-0.1, -0.05) is 0 Å². The third-order valence-corrected chi connectivity index (χ3v) is 9.84. The summed E-state index contributed by atoms with van der Waals surface area (Å²) in [4.78, 5) is 0. The van der Waals surface area contributed by atoms with Gasteiger partial charge in [0.15, 0.2) is 24.8 Å². The van der Waals surface area contributed by atoms with Gasteiger partial charge in [0.25, 0.3) is 0 Å². The highest BCUT2D eigenvalue weighted by molar-refractivity contribution is 4.99. The van der Waals surface area contributed by atoms with Crippen molar-refractivity contribution >= 4 is 0 Å². The first-order chi connectivity index (χ1) is 20.4. The summed E-state index contributed by atoms with van der Waals surface area (Å²) in [7, 11) is 0. The molecule has 5 aliphatic rings. The van der Waals surface area contributed by atoms with E-state index in [0.29, 0.717) is 19.3 Å². The maximum atomic E-state index is 11.0. The molecule has 2 saturated carbocycles. The Kier molecular flexibility index (Phi) is 11.0. The molecule has 2 aliphatic carbocycles. The molecule has 9 unspecified atom stereocenters. The van der Waals surface area contributed by atoms with Gasteiger partial charge in [-0.2, -0.15) is 0 Å². The quantitative estimate of drug-likeness (QED) is 0.117. The summed E-state index contributed by atoms with van der Waals surface area (Å²) in [5.74, 6) is -0.639. The SMILES string of the molecule is OC[C@H]1O[C@@H](O[C@H]2[C@H](OC3CC4C(O)CC(O)CC4[OH+]C3C3CCC(O)C(O)C3)O[C@H](CO)[C@@H](O)[C@@H]2O)[C@H](O)[C@@H](O)[C@@H]1O. The second kappa shape index (κ2) is 14.0. The molecule has 5 fully saturated rings. The van der Waals surface area contributed by atoms with Crippen molar-refractivity contribution in [1.29, 1.82) is 0 Å². The van der Waals surface area contributed by atoms with Crippen LogP contribution in [0.25, 0.3) is 0 Å². The van der Waals surface area contributed by atoms with E-state index in [-0.39, 0.29) is 31.1 Å². The summed E-state index contributed by atoms with van der Waals surface area (Å²) in [5, 5.41) is 114. The Morgan fingerprint density at radius 3 is 1.91 bits per heavy atom. The molecule has 5 rings (SSSR count). The molecule has 12 N–H and O–H groups in total. The second-order valence-electron chi connectivity index (χ2n) is 12.7. The van der Waals surface area contributed by atoms with E-state index in [9.17, 15) is 56.2 Å². The Balaban J connectivity index is 1.40. The van der Waals surface area contributed by atoms with Gasteiger partial charge in [0.2, 0.25) is 0 Å². The van der Waals surface area contributed by atoms with Crippen molar-refractivity contribution in [2.75, 3.05) is 13.2 Å². The average Bonchev–Trinajstić information content (AvgIpc) is 2.98. The molecule has 3 aliphatic heterocycles.